The first-order valence-corrected chi connectivity index (χ1v) is 13.4. The average Bonchev–Trinajstić information content (AvgIpc) is 3.05. The lowest BCUT2D eigenvalue weighted by Crippen LogP contribution is -1.96. The van der Waals surface area contributed by atoms with E-state index in [1.165, 1.54) is 33.0 Å². The summed E-state index contributed by atoms with van der Waals surface area (Å²) < 4.78 is 0. The smallest absolute Gasteiger partial charge is 0.160 e. The summed E-state index contributed by atoms with van der Waals surface area (Å²) in [5, 5.41) is 2.49. The highest BCUT2D eigenvalue weighted by molar-refractivity contribution is 5.87. The minimum Gasteiger partial charge on any atom is -0.265 e. The number of rotatable bonds is 5. The number of fused-ring (bicyclic) bond motifs is 1. The number of hydrogen-bond donors (Lipinski definition) is 0. The Morgan fingerprint density at radius 1 is 0.325 bits per heavy atom. The van der Waals surface area contributed by atoms with Crippen LogP contribution in [0, 0.1) is 0 Å². The Morgan fingerprint density at radius 3 is 1.48 bits per heavy atom. The van der Waals surface area contributed by atoms with Crippen LogP contribution in [0.3, 0.4) is 0 Å². The van der Waals surface area contributed by atoms with Gasteiger partial charge in [0.1, 0.15) is 0 Å². The molecule has 0 saturated carbocycles. The third kappa shape index (κ3) is 4.77. The molecular weight excluding hydrogens is 486 g/mol. The van der Waals surface area contributed by atoms with E-state index in [2.05, 4.69) is 126 Å². The van der Waals surface area contributed by atoms with E-state index < -0.39 is 0 Å². The molecule has 0 saturated heterocycles. The molecule has 0 aliphatic heterocycles. The van der Waals surface area contributed by atoms with Crippen molar-refractivity contribution in [3.8, 4) is 56.2 Å². The number of pyridine rings is 1. The summed E-state index contributed by atoms with van der Waals surface area (Å²) in [6.45, 7) is 0. The second-order valence-corrected chi connectivity index (χ2v) is 9.78. The summed E-state index contributed by atoms with van der Waals surface area (Å²) in [6, 6.07) is 48.6. The van der Waals surface area contributed by atoms with E-state index >= 15 is 0 Å². The Balaban J connectivity index is 1.27. The van der Waals surface area contributed by atoms with Crippen molar-refractivity contribution < 1.29 is 0 Å². The summed E-state index contributed by atoms with van der Waals surface area (Å²) >= 11 is 0. The van der Waals surface area contributed by atoms with Gasteiger partial charge >= 0.3 is 0 Å². The van der Waals surface area contributed by atoms with Gasteiger partial charge in [-0.25, -0.2) is 9.97 Å². The predicted molar refractivity (Wildman–Crippen MR) is 165 cm³/mol. The molecule has 40 heavy (non-hydrogen) atoms. The van der Waals surface area contributed by atoms with Gasteiger partial charge in [-0.2, -0.15) is 0 Å². The number of hydrogen-bond acceptors (Lipinski definition) is 3. The van der Waals surface area contributed by atoms with E-state index in [4.69, 9.17) is 9.97 Å². The van der Waals surface area contributed by atoms with E-state index in [1.54, 1.807) is 12.4 Å². The molecule has 0 amide bonds. The average molecular weight is 512 g/mol. The van der Waals surface area contributed by atoms with Crippen molar-refractivity contribution in [3.05, 3.63) is 152 Å². The van der Waals surface area contributed by atoms with E-state index in [0.29, 0.717) is 5.82 Å². The molecule has 0 spiro atoms. The zero-order valence-corrected chi connectivity index (χ0v) is 21.8. The van der Waals surface area contributed by atoms with Crippen molar-refractivity contribution in [2.45, 2.75) is 0 Å². The lowest BCUT2D eigenvalue weighted by Gasteiger charge is -2.11. The van der Waals surface area contributed by atoms with Crippen LogP contribution in [0.4, 0.5) is 0 Å². The van der Waals surface area contributed by atoms with E-state index in [9.17, 15) is 0 Å². The molecule has 0 atom stereocenters. The van der Waals surface area contributed by atoms with Crippen LogP contribution in [0.1, 0.15) is 0 Å². The maximum absolute atomic E-state index is 4.97. The highest BCUT2D eigenvalue weighted by atomic mass is 14.9. The van der Waals surface area contributed by atoms with Crippen LogP contribution in [-0.2, 0) is 0 Å². The van der Waals surface area contributed by atoms with Gasteiger partial charge in [0, 0.05) is 29.1 Å². The second-order valence-electron chi connectivity index (χ2n) is 9.78. The third-order valence-electron chi connectivity index (χ3n) is 7.22. The van der Waals surface area contributed by atoms with Crippen molar-refractivity contribution in [3.63, 3.8) is 0 Å². The number of nitrogens with zero attached hydrogens (tertiary/aromatic N) is 3. The Morgan fingerprint density at radius 2 is 0.825 bits per heavy atom. The summed E-state index contributed by atoms with van der Waals surface area (Å²) in [5.41, 5.74) is 9.55. The monoisotopic (exact) mass is 511 g/mol. The summed E-state index contributed by atoms with van der Waals surface area (Å²) in [5.74, 6) is 0.681. The van der Waals surface area contributed by atoms with Crippen LogP contribution in [0.25, 0.3) is 66.9 Å². The molecule has 3 heteroatoms. The fourth-order valence-electron chi connectivity index (χ4n) is 5.04. The first-order valence-electron chi connectivity index (χ1n) is 13.4. The highest BCUT2D eigenvalue weighted by Crippen LogP contribution is 2.31. The zero-order chi connectivity index (χ0) is 26.7. The molecule has 2 heterocycles. The van der Waals surface area contributed by atoms with Crippen LogP contribution in [-0.4, -0.2) is 15.0 Å². The quantitative estimate of drug-likeness (QED) is 0.231. The van der Waals surface area contributed by atoms with Gasteiger partial charge in [0.25, 0.3) is 0 Å². The van der Waals surface area contributed by atoms with Crippen LogP contribution in [0.15, 0.2) is 152 Å². The van der Waals surface area contributed by atoms with Gasteiger partial charge in [-0.3, -0.25) is 4.98 Å². The Labute approximate surface area is 233 Å². The Hall–Kier alpha value is -5.41. The first-order chi connectivity index (χ1) is 19.8. The molecule has 0 radical (unpaired) electrons. The molecular formula is C37H25N3. The summed E-state index contributed by atoms with van der Waals surface area (Å²) in [7, 11) is 0. The second kappa shape index (κ2) is 10.4. The number of aromatic nitrogens is 3. The van der Waals surface area contributed by atoms with E-state index in [1.807, 2.05) is 18.2 Å². The van der Waals surface area contributed by atoms with Gasteiger partial charge in [0.2, 0.25) is 0 Å². The largest absolute Gasteiger partial charge is 0.265 e. The lowest BCUT2D eigenvalue weighted by molar-refractivity contribution is 1.18. The molecule has 0 N–H and O–H groups in total. The van der Waals surface area contributed by atoms with Gasteiger partial charge in [-0.15, -0.1) is 0 Å². The molecule has 7 aromatic rings. The van der Waals surface area contributed by atoms with Crippen LogP contribution < -0.4 is 0 Å². The van der Waals surface area contributed by atoms with Gasteiger partial charge in [-0.1, -0.05) is 115 Å². The predicted octanol–water partition coefficient (Wildman–Crippen LogP) is 9.36. The minimum atomic E-state index is 0.681. The maximum atomic E-state index is 4.97. The fourth-order valence-corrected chi connectivity index (χ4v) is 5.04. The zero-order valence-electron chi connectivity index (χ0n) is 21.8. The molecule has 0 aliphatic rings. The highest BCUT2D eigenvalue weighted by Gasteiger charge is 2.11. The molecule has 0 unspecified atom stereocenters. The Bertz CT molecular complexity index is 1910. The standard InChI is InChI=1S/C37H25N3/c1-2-6-26(7-3-1)28-10-15-30(16-11-28)35-25-36(40-37(39-35)32-20-22-38-23-21-32)31-17-12-29(13-18-31)34-19-14-27-8-4-5-9-33(27)24-34/h1-25H. The fraction of sp³-hybridized carbons (Fsp3) is 0. The van der Waals surface area contributed by atoms with Crippen LogP contribution in [0.5, 0.6) is 0 Å². The van der Waals surface area contributed by atoms with Gasteiger partial charge < -0.3 is 0 Å². The lowest BCUT2D eigenvalue weighted by atomic mass is 9.99. The molecule has 0 bridgehead atoms. The molecule has 2 aromatic heterocycles. The van der Waals surface area contributed by atoms with Crippen molar-refractivity contribution in [1.82, 2.24) is 15.0 Å². The summed E-state index contributed by atoms with van der Waals surface area (Å²) in [6.07, 6.45) is 3.55. The first kappa shape index (κ1) is 23.7. The van der Waals surface area contributed by atoms with Gasteiger partial charge in [0.05, 0.1) is 11.4 Å². The minimum absolute atomic E-state index is 0.681. The van der Waals surface area contributed by atoms with Crippen molar-refractivity contribution in [2.24, 2.45) is 0 Å². The molecule has 3 nitrogen and oxygen atoms in total. The molecule has 188 valence electrons. The molecule has 5 aromatic carbocycles. The van der Waals surface area contributed by atoms with E-state index in [0.717, 1.165) is 28.1 Å². The maximum Gasteiger partial charge on any atom is 0.160 e. The van der Waals surface area contributed by atoms with Crippen LogP contribution in [0.2, 0.25) is 0 Å². The van der Waals surface area contributed by atoms with Crippen molar-refractivity contribution >= 4 is 10.8 Å². The van der Waals surface area contributed by atoms with Gasteiger partial charge in [-0.05, 0) is 57.3 Å². The van der Waals surface area contributed by atoms with Crippen LogP contribution >= 0.6 is 0 Å². The van der Waals surface area contributed by atoms with Crippen molar-refractivity contribution in [1.29, 1.82) is 0 Å². The van der Waals surface area contributed by atoms with Gasteiger partial charge in [0.15, 0.2) is 5.82 Å². The number of benzene rings is 5. The Kier molecular flexibility index (Phi) is 6.15. The SMILES string of the molecule is c1ccc(-c2ccc(-c3cc(-c4ccc(-c5ccc6ccccc6c5)cc4)nc(-c4ccncc4)n3)cc2)cc1. The summed E-state index contributed by atoms with van der Waals surface area (Å²) in [4.78, 5) is 14.1. The molecule has 0 aliphatic carbocycles. The van der Waals surface area contributed by atoms with E-state index in [-0.39, 0.29) is 0 Å². The van der Waals surface area contributed by atoms with Crippen molar-refractivity contribution in [2.75, 3.05) is 0 Å². The topological polar surface area (TPSA) is 38.7 Å². The normalized spacial score (nSPS) is 11.0. The third-order valence-corrected chi connectivity index (χ3v) is 7.22. The molecule has 0 fully saturated rings. The molecule has 7 rings (SSSR count).